The summed E-state index contributed by atoms with van der Waals surface area (Å²) in [6.45, 7) is 2.50. The first kappa shape index (κ1) is 13.7. The monoisotopic (exact) mass is 326 g/mol. The third kappa shape index (κ3) is 3.01. The van der Waals surface area contributed by atoms with E-state index in [0.717, 1.165) is 15.6 Å². The van der Waals surface area contributed by atoms with Crippen LogP contribution >= 0.6 is 27.3 Å². The third-order valence-corrected chi connectivity index (χ3v) is 4.47. The van der Waals surface area contributed by atoms with Gasteiger partial charge in [0.1, 0.15) is 12.2 Å². The standard InChI is InChI=1S/C14H15BrO2S/c1-2-17-14(10-6-4-3-5-7-10)13(16)11-8-18-9-12(11)15/h3-9,13-14,16H,2H2,1H3. The maximum Gasteiger partial charge on any atom is 0.113 e. The van der Waals surface area contributed by atoms with E-state index < -0.39 is 6.10 Å². The van der Waals surface area contributed by atoms with Crippen LogP contribution in [0.1, 0.15) is 30.3 Å². The quantitative estimate of drug-likeness (QED) is 0.886. The topological polar surface area (TPSA) is 29.5 Å². The van der Waals surface area contributed by atoms with E-state index >= 15 is 0 Å². The normalized spacial score (nSPS) is 14.4. The molecule has 2 aromatic rings. The Morgan fingerprint density at radius 2 is 2.00 bits per heavy atom. The van der Waals surface area contributed by atoms with Gasteiger partial charge in [0, 0.05) is 22.0 Å². The summed E-state index contributed by atoms with van der Waals surface area (Å²) < 4.78 is 6.63. The van der Waals surface area contributed by atoms with Crippen molar-refractivity contribution in [1.82, 2.24) is 0 Å². The molecule has 1 heterocycles. The van der Waals surface area contributed by atoms with Crippen molar-refractivity contribution < 1.29 is 9.84 Å². The summed E-state index contributed by atoms with van der Waals surface area (Å²) in [6.07, 6.45) is -0.991. The average molecular weight is 327 g/mol. The Labute approximate surface area is 119 Å². The number of halogens is 1. The Hall–Kier alpha value is -0.680. The molecule has 0 radical (unpaired) electrons. The van der Waals surface area contributed by atoms with Crippen LogP contribution in [-0.4, -0.2) is 11.7 Å². The lowest BCUT2D eigenvalue weighted by Gasteiger charge is -2.23. The van der Waals surface area contributed by atoms with E-state index in [2.05, 4.69) is 15.9 Å². The second kappa shape index (κ2) is 6.48. The van der Waals surface area contributed by atoms with Gasteiger partial charge < -0.3 is 9.84 Å². The molecule has 0 fully saturated rings. The van der Waals surface area contributed by atoms with Gasteiger partial charge in [0.25, 0.3) is 0 Å². The average Bonchev–Trinajstić information content (AvgIpc) is 2.82. The number of benzene rings is 1. The predicted molar refractivity (Wildman–Crippen MR) is 77.8 cm³/mol. The first-order valence-corrected chi connectivity index (χ1v) is 7.53. The van der Waals surface area contributed by atoms with Crippen LogP contribution in [0.15, 0.2) is 45.6 Å². The Bertz CT molecular complexity index is 484. The molecule has 2 rings (SSSR count). The molecule has 0 saturated carbocycles. The molecule has 18 heavy (non-hydrogen) atoms. The lowest BCUT2D eigenvalue weighted by atomic mass is 10.0. The highest BCUT2D eigenvalue weighted by Crippen LogP contribution is 2.37. The second-order valence-electron chi connectivity index (χ2n) is 3.91. The molecule has 2 nitrogen and oxygen atoms in total. The fraction of sp³-hybridized carbons (Fsp3) is 0.286. The van der Waals surface area contributed by atoms with Crippen molar-refractivity contribution in [2.75, 3.05) is 6.61 Å². The maximum atomic E-state index is 10.5. The molecular formula is C14H15BrO2S. The predicted octanol–water partition coefficient (Wildman–Crippen LogP) is 4.32. The molecule has 0 saturated heterocycles. The van der Waals surface area contributed by atoms with Gasteiger partial charge in [-0.1, -0.05) is 30.3 Å². The van der Waals surface area contributed by atoms with E-state index in [1.165, 1.54) is 0 Å². The number of thiophene rings is 1. The fourth-order valence-electron chi connectivity index (χ4n) is 1.86. The van der Waals surface area contributed by atoms with Gasteiger partial charge in [0.15, 0.2) is 0 Å². The summed E-state index contributed by atoms with van der Waals surface area (Å²) in [7, 11) is 0. The SMILES string of the molecule is CCOC(c1ccccc1)C(O)c1cscc1Br. The van der Waals surface area contributed by atoms with Gasteiger partial charge in [-0.2, -0.15) is 11.3 Å². The zero-order valence-corrected chi connectivity index (χ0v) is 12.4. The molecule has 1 aromatic carbocycles. The van der Waals surface area contributed by atoms with Gasteiger partial charge in [0.05, 0.1) is 0 Å². The second-order valence-corrected chi connectivity index (χ2v) is 5.50. The zero-order valence-electron chi connectivity index (χ0n) is 10.0. The lowest BCUT2D eigenvalue weighted by molar-refractivity contribution is -0.0362. The molecule has 96 valence electrons. The molecule has 4 heteroatoms. The van der Waals surface area contributed by atoms with Crippen molar-refractivity contribution in [3.05, 3.63) is 56.7 Å². The summed E-state index contributed by atoms with van der Waals surface area (Å²) in [5.41, 5.74) is 1.87. The first-order valence-electron chi connectivity index (χ1n) is 5.80. The van der Waals surface area contributed by atoms with Crippen LogP contribution in [0.5, 0.6) is 0 Å². The Morgan fingerprint density at radius 3 is 2.56 bits per heavy atom. The number of aliphatic hydroxyl groups is 1. The fourth-order valence-corrected chi connectivity index (χ4v) is 3.42. The molecule has 2 atom stereocenters. The van der Waals surface area contributed by atoms with E-state index in [9.17, 15) is 5.11 Å². The number of aliphatic hydroxyl groups excluding tert-OH is 1. The minimum Gasteiger partial charge on any atom is -0.385 e. The summed E-state index contributed by atoms with van der Waals surface area (Å²) in [4.78, 5) is 0. The van der Waals surface area contributed by atoms with Gasteiger partial charge in [-0.25, -0.2) is 0 Å². The number of ether oxygens (including phenoxy) is 1. The smallest absolute Gasteiger partial charge is 0.113 e. The van der Waals surface area contributed by atoms with Crippen LogP contribution in [0, 0.1) is 0 Å². The first-order chi connectivity index (χ1) is 8.74. The third-order valence-electron chi connectivity index (χ3n) is 2.72. The summed E-state index contributed by atoms with van der Waals surface area (Å²) in [6, 6.07) is 9.82. The summed E-state index contributed by atoms with van der Waals surface area (Å²) in [5, 5.41) is 14.4. The van der Waals surface area contributed by atoms with Crippen molar-refractivity contribution in [3.63, 3.8) is 0 Å². The minimum absolute atomic E-state index is 0.331. The van der Waals surface area contributed by atoms with Crippen molar-refractivity contribution in [2.24, 2.45) is 0 Å². The van der Waals surface area contributed by atoms with Crippen LogP contribution < -0.4 is 0 Å². The van der Waals surface area contributed by atoms with Gasteiger partial charge in [-0.05, 0) is 33.8 Å². The van der Waals surface area contributed by atoms with E-state index in [1.807, 2.05) is 48.0 Å². The summed E-state index contributed by atoms with van der Waals surface area (Å²) >= 11 is 5.02. The van der Waals surface area contributed by atoms with Crippen molar-refractivity contribution in [3.8, 4) is 0 Å². The molecule has 0 spiro atoms. The number of hydrogen-bond donors (Lipinski definition) is 1. The Balaban J connectivity index is 2.28. The molecule has 2 unspecified atom stereocenters. The number of rotatable bonds is 5. The molecule has 0 bridgehead atoms. The summed E-state index contributed by atoms with van der Waals surface area (Å²) in [5.74, 6) is 0. The highest BCUT2D eigenvalue weighted by molar-refractivity contribution is 9.10. The van der Waals surface area contributed by atoms with Crippen molar-refractivity contribution >= 4 is 27.3 Å². The zero-order chi connectivity index (χ0) is 13.0. The van der Waals surface area contributed by atoms with Gasteiger partial charge >= 0.3 is 0 Å². The molecule has 1 aromatic heterocycles. The van der Waals surface area contributed by atoms with E-state index in [0.29, 0.717) is 6.61 Å². The molecule has 0 amide bonds. The maximum absolute atomic E-state index is 10.5. The molecule has 0 aliphatic heterocycles. The molecule has 0 aliphatic rings. The Kier molecular flexibility index (Phi) is 4.95. The largest absolute Gasteiger partial charge is 0.385 e. The lowest BCUT2D eigenvalue weighted by Crippen LogP contribution is -2.14. The van der Waals surface area contributed by atoms with Crippen LogP contribution in [-0.2, 0) is 4.74 Å². The van der Waals surface area contributed by atoms with Crippen LogP contribution in [0.4, 0.5) is 0 Å². The molecular weight excluding hydrogens is 312 g/mol. The van der Waals surface area contributed by atoms with Crippen LogP contribution in [0.25, 0.3) is 0 Å². The highest BCUT2D eigenvalue weighted by Gasteiger charge is 2.25. The van der Waals surface area contributed by atoms with E-state index in [-0.39, 0.29) is 6.10 Å². The van der Waals surface area contributed by atoms with Gasteiger partial charge in [0.2, 0.25) is 0 Å². The minimum atomic E-state index is -0.659. The van der Waals surface area contributed by atoms with Gasteiger partial charge in [-0.3, -0.25) is 0 Å². The Morgan fingerprint density at radius 1 is 1.28 bits per heavy atom. The van der Waals surface area contributed by atoms with Crippen molar-refractivity contribution in [1.29, 1.82) is 0 Å². The van der Waals surface area contributed by atoms with Crippen LogP contribution in [0.2, 0.25) is 0 Å². The van der Waals surface area contributed by atoms with Crippen molar-refractivity contribution in [2.45, 2.75) is 19.1 Å². The van der Waals surface area contributed by atoms with Gasteiger partial charge in [-0.15, -0.1) is 0 Å². The van der Waals surface area contributed by atoms with E-state index in [4.69, 9.17) is 4.74 Å². The molecule has 0 aliphatic carbocycles. The highest BCUT2D eigenvalue weighted by atomic mass is 79.9. The number of hydrogen-bond acceptors (Lipinski definition) is 3. The van der Waals surface area contributed by atoms with E-state index in [1.54, 1.807) is 11.3 Å². The molecule has 1 N–H and O–H groups in total. The van der Waals surface area contributed by atoms with Crippen LogP contribution in [0.3, 0.4) is 0 Å².